The van der Waals surface area contributed by atoms with Gasteiger partial charge in [0.15, 0.2) is 0 Å². The smallest absolute Gasteiger partial charge is 0.272 e. The van der Waals surface area contributed by atoms with Gasteiger partial charge in [0.1, 0.15) is 5.69 Å². The highest BCUT2D eigenvalue weighted by Gasteiger charge is 2.10. The molecule has 0 bridgehead atoms. The van der Waals surface area contributed by atoms with Gasteiger partial charge in [-0.15, -0.1) is 11.6 Å². The number of nitrogens with zero attached hydrogens (tertiary/aromatic N) is 2. The van der Waals surface area contributed by atoms with Crippen molar-refractivity contribution in [1.82, 2.24) is 15.1 Å². The van der Waals surface area contributed by atoms with Crippen molar-refractivity contribution in [3.63, 3.8) is 0 Å². The second kappa shape index (κ2) is 4.28. The summed E-state index contributed by atoms with van der Waals surface area (Å²) in [6.45, 7) is 1.84. The van der Waals surface area contributed by atoms with Gasteiger partial charge in [-0.3, -0.25) is 9.48 Å². The molecule has 13 heavy (non-hydrogen) atoms. The van der Waals surface area contributed by atoms with Crippen LogP contribution >= 0.6 is 11.6 Å². The van der Waals surface area contributed by atoms with Gasteiger partial charge in [0.25, 0.3) is 5.91 Å². The van der Waals surface area contributed by atoms with Crippen LogP contribution in [0, 0.1) is 0 Å². The molecule has 0 spiro atoms. The number of amides is 1. The quantitative estimate of drug-likeness (QED) is 0.735. The molecule has 0 saturated heterocycles. The molecule has 1 N–H and O–H groups in total. The molecule has 1 heterocycles. The van der Waals surface area contributed by atoms with Crippen molar-refractivity contribution in [3.05, 3.63) is 18.0 Å². The van der Waals surface area contributed by atoms with E-state index in [0.29, 0.717) is 11.6 Å². The molecule has 0 saturated carbocycles. The van der Waals surface area contributed by atoms with Crippen LogP contribution in [0.5, 0.6) is 0 Å². The number of alkyl halides is 1. The average Bonchev–Trinajstić information content (AvgIpc) is 2.51. The largest absolute Gasteiger partial charge is 0.347 e. The zero-order chi connectivity index (χ0) is 9.84. The van der Waals surface area contributed by atoms with Crippen molar-refractivity contribution in [1.29, 1.82) is 0 Å². The Balaban J connectivity index is 2.58. The van der Waals surface area contributed by atoms with Crippen molar-refractivity contribution in [2.75, 3.05) is 5.88 Å². The van der Waals surface area contributed by atoms with Gasteiger partial charge in [0, 0.05) is 25.2 Å². The molecule has 1 amide bonds. The SMILES string of the molecule is CC(CCl)NC(=O)c1ccn(C)n1. The highest BCUT2D eigenvalue weighted by molar-refractivity contribution is 6.18. The second-order valence-electron chi connectivity index (χ2n) is 2.90. The standard InChI is InChI=1S/C8H12ClN3O/c1-6(5-9)10-8(13)7-3-4-12(2)11-7/h3-4,6H,5H2,1-2H3,(H,10,13). The monoisotopic (exact) mass is 201 g/mol. The summed E-state index contributed by atoms with van der Waals surface area (Å²) >= 11 is 5.55. The molecule has 1 aromatic heterocycles. The fourth-order valence-corrected chi connectivity index (χ4v) is 0.950. The van der Waals surface area contributed by atoms with E-state index in [2.05, 4.69) is 10.4 Å². The Bertz CT molecular complexity index is 297. The maximum absolute atomic E-state index is 11.4. The Morgan fingerprint density at radius 2 is 2.54 bits per heavy atom. The van der Waals surface area contributed by atoms with Crippen molar-refractivity contribution in [2.45, 2.75) is 13.0 Å². The minimum Gasteiger partial charge on any atom is -0.347 e. The van der Waals surface area contributed by atoms with Crippen LogP contribution in [0.15, 0.2) is 12.3 Å². The van der Waals surface area contributed by atoms with E-state index < -0.39 is 0 Å². The third kappa shape index (κ3) is 2.73. The van der Waals surface area contributed by atoms with E-state index >= 15 is 0 Å². The summed E-state index contributed by atoms with van der Waals surface area (Å²) in [5.41, 5.74) is 0.416. The van der Waals surface area contributed by atoms with Crippen LogP contribution in [0.2, 0.25) is 0 Å². The average molecular weight is 202 g/mol. The van der Waals surface area contributed by atoms with Crippen molar-refractivity contribution in [2.24, 2.45) is 7.05 Å². The van der Waals surface area contributed by atoms with Crippen LogP contribution in [0.4, 0.5) is 0 Å². The molecular weight excluding hydrogens is 190 g/mol. The van der Waals surface area contributed by atoms with Gasteiger partial charge in [-0.05, 0) is 13.0 Å². The summed E-state index contributed by atoms with van der Waals surface area (Å²) in [5, 5.41) is 6.67. The molecule has 0 fully saturated rings. The minimum atomic E-state index is -0.186. The molecule has 0 aliphatic heterocycles. The number of halogens is 1. The third-order valence-corrected chi connectivity index (χ3v) is 2.02. The topological polar surface area (TPSA) is 46.9 Å². The maximum Gasteiger partial charge on any atom is 0.272 e. The molecular formula is C8H12ClN3O. The molecule has 72 valence electrons. The zero-order valence-corrected chi connectivity index (χ0v) is 8.38. The lowest BCUT2D eigenvalue weighted by atomic mass is 10.3. The van der Waals surface area contributed by atoms with Crippen LogP contribution in [0.1, 0.15) is 17.4 Å². The number of nitrogens with one attached hydrogen (secondary N) is 1. The number of aromatic nitrogens is 2. The molecule has 0 radical (unpaired) electrons. The number of rotatable bonds is 3. The lowest BCUT2D eigenvalue weighted by Crippen LogP contribution is -2.33. The van der Waals surface area contributed by atoms with E-state index in [0.717, 1.165) is 0 Å². The molecule has 5 heteroatoms. The predicted molar refractivity (Wildman–Crippen MR) is 50.9 cm³/mol. The summed E-state index contributed by atoms with van der Waals surface area (Å²) in [6.07, 6.45) is 1.72. The first-order valence-corrected chi connectivity index (χ1v) is 4.53. The lowest BCUT2D eigenvalue weighted by molar-refractivity contribution is 0.0938. The summed E-state index contributed by atoms with van der Waals surface area (Å²) in [6, 6.07) is 1.63. The van der Waals surface area contributed by atoms with Crippen LogP contribution in [-0.4, -0.2) is 27.6 Å². The van der Waals surface area contributed by atoms with Crippen molar-refractivity contribution in [3.8, 4) is 0 Å². The summed E-state index contributed by atoms with van der Waals surface area (Å²) < 4.78 is 1.58. The Kier molecular flexibility index (Phi) is 3.31. The molecule has 0 aromatic carbocycles. The molecule has 1 atom stereocenters. The third-order valence-electron chi connectivity index (χ3n) is 1.56. The normalized spacial score (nSPS) is 12.5. The summed E-state index contributed by atoms with van der Waals surface area (Å²) in [4.78, 5) is 11.4. The number of carbonyl (C=O) groups excluding carboxylic acids is 1. The Labute approximate surface area is 81.9 Å². The second-order valence-corrected chi connectivity index (χ2v) is 3.21. The van der Waals surface area contributed by atoms with Crippen molar-refractivity contribution < 1.29 is 4.79 Å². The lowest BCUT2D eigenvalue weighted by Gasteiger charge is -2.07. The fourth-order valence-electron chi connectivity index (χ4n) is 0.872. The number of hydrogen-bond donors (Lipinski definition) is 1. The first-order chi connectivity index (χ1) is 6.13. The van der Waals surface area contributed by atoms with Crippen molar-refractivity contribution >= 4 is 17.5 Å². The van der Waals surface area contributed by atoms with Crippen LogP contribution in [0.25, 0.3) is 0 Å². The highest BCUT2D eigenvalue weighted by atomic mass is 35.5. The maximum atomic E-state index is 11.4. The van der Waals surface area contributed by atoms with Gasteiger partial charge in [0.05, 0.1) is 0 Å². The Morgan fingerprint density at radius 3 is 3.00 bits per heavy atom. The zero-order valence-electron chi connectivity index (χ0n) is 7.62. The molecule has 1 rings (SSSR count). The van der Waals surface area contributed by atoms with Crippen LogP contribution < -0.4 is 5.32 Å². The van der Waals surface area contributed by atoms with E-state index in [1.165, 1.54) is 0 Å². The van der Waals surface area contributed by atoms with E-state index in [1.54, 1.807) is 24.0 Å². The van der Waals surface area contributed by atoms with Gasteiger partial charge in [0.2, 0.25) is 0 Å². The summed E-state index contributed by atoms with van der Waals surface area (Å²) in [7, 11) is 1.77. The van der Waals surface area contributed by atoms with Crippen LogP contribution in [0.3, 0.4) is 0 Å². The first-order valence-electron chi connectivity index (χ1n) is 4.00. The Morgan fingerprint density at radius 1 is 1.85 bits per heavy atom. The van der Waals surface area contributed by atoms with Crippen LogP contribution in [-0.2, 0) is 7.05 Å². The fraction of sp³-hybridized carbons (Fsp3) is 0.500. The van der Waals surface area contributed by atoms with Gasteiger partial charge in [-0.25, -0.2) is 0 Å². The van der Waals surface area contributed by atoms with E-state index in [-0.39, 0.29) is 11.9 Å². The summed E-state index contributed by atoms with van der Waals surface area (Å²) in [5.74, 6) is 0.215. The molecule has 1 unspecified atom stereocenters. The van der Waals surface area contributed by atoms with Gasteiger partial charge < -0.3 is 5.32 Å². The van der Waals surface area contributed by atoms with Gasteiger partial charge >= 0.3 is 0 Å². The predicted octanol–water partition coefficient (Wildman–Crippen LogP) is 0.777. The molecule has 0 aliphatic rings. The van der Waals surface area contributed by atoms with Gasteiger partial charge in [-0.1, -0.05) is 0 Å². The number of hydrogen-bond acceptors (Lipinski definition) is 2. The molecule has 4 nitrogen and oxygen atoms in total. The number of carbonyl (C=O) groups is 1. The Hall–Kier alpha value is -1.03. The molecule has 1 aromatic rings. The minimum absolute atomic E-state index is 0.0313. The van der Waals surface area contributed by atoms with E-state index in [9.17, 15) is 4.79 Å². The molecule has 0 aliphatic carbocycles. The van der Waals surface area contributed by atoms with E-state index in [4.69, 9.17) is 11.6 Å². The highest BCUT2D eigenvalue weighted by Crippen LogP contribution is 1.95. The number of aryl methyl sites for hydroxylation is 1. The van der Waals surface area contributed by atoms with Gasteiger partial charge in [-0.2, -0.15) is 5.10 Å². The van der Waals surface area contributed by atoms with E-state index in [1.807, 2.05) is 6.92 Å². The first kappa shape index (κ1) is 10.1.